The van der Waals surface area contributed by atoms with E-state index in [1.54, 1.807) is 13.3 Å². The van der Waals surface area contributed by atoms with Crippen LogP contribution in [0.5, 0.6) is 0 Å². The Bertz CT molecular complexity index is 8.85. The second kappa shape index (κ2) is 9.23. The average Bonchev–Trinajstić information content (AvgIpc) is 1.37. The molecule has 0 radical (unpaired) electrons. The van der Waals surface area contributed by atoms with Gasteiger partial charge >= 0.3 is 58.2 Å². The van der Waals surface area contributed by atoms with Crippen LogP contribution in [-0.4, -0.2) is 11.7 Å². The summed E-state index contributed by atoms with van der Waals surface area (Å²) in [6, 6.07) is 0. The molecular formula is C3H7ORb. The van der Waals surface area contributed by atoms with Gasteiger partial charge in [0.15, 0.2) is 0 Å². The number of hydrogen-bond donors (Lipinski definition) is 1. The Labute approximate surface area is 81.6 Å². The Balaban J connectivity index is 0. The third-order valence-corrected chi connectivity index (χ3v) is 0.183. The van der Waals surface area contributed by atoms with Gasteiger partial charge in [0.25, 0.3) is 0 Å². The van der Waals surface area contributed by atoms with Crippen LogP contribution in [0.4, 0.5) is 0 Å². The van der Waals surface area contributed by atoms with Crippen molar-refractivity contribution in [3.63, 3.8) is 0 Å². The molecule has 0 unspecified atom stereocenters. The van der Waals surface area contributed by atoms with Crippen LogP contribution >= 0.6 is 0 Å². The molecule has 5 heavy (non-hydrogen) atoms. The largest absolute Gasteiger partial charge is 1.00 e. The molecule has 0 aliphatic heterocycles. The molecule has 0 aromatic carbocycles. The van der Waals surface area contributed by atoms with Crippen LogP contribution in [0.2, 0.25) is 0 Å². The summed E-state index contributed by atoms with van der Waals surface area (Å²) in [5, 5.41) is 7.82. The van der Waals surface area contributed by atoms with Crippen LogP contribution in [0.1, 0.15) is 6.92 Å². The van der Waals surface area contributed by atoms with Gasteiger partial charge in [-0.15, -0.1) is 0 Å². The van der Waals surface area contributed by atoms with Gasteiger partial charge in [-0.2, -0.15) is 6.92 Å². The van der Waals surface area contributed by atoms with Crippen molar-refractivity contribution >= 4 is 0 Å². The molecule has 0 atom stereocenters. The standard InChI is InChI=1S/C3H7O.Rb/c1-2-3-4;/h2,4H,3H2,1H3;/q-1;+1. The Hall–Kier alpha value is 1.77. The second-order valence-electron chi connectivity index (χ2n) is 0.591. The molecule has 0 amide bonds. The predicted molar refractivity (Wildman–Crippen MR) is 17.1 cm³/mol. The maximum absolute atomic E-state index is 7.82. The van der Waals surface area contributed by atoms with Crippen LogP contribution in [0.15, 0.2) is 0 Å². The van der Waals surface area contributed by atoms with E-state index in [-0.39, 0.29) is 64.8 Å². The van der Waals surface area contributed by atoms with E-state index in [1.807, 2.05) is 0 Å². The molecule has 0 saturated carbocycles. The van der Waals surface area contributed by atoms with E-state index in [4.69, 9.17) is 5.11 Å². The molecule has 0 aromatic rings. The minimum Gasteiger partial charge on any atom is -0.428 e. The minimum absolute atomic E-state index is 0. The molecule has 1 nitrogen and oxygen atoms in total. The quantitative estimate of drug-likeness (QED) is 0.395. The Morgan fingerprint density at radius 1 is 1.80 bits per heavy atom. The molecule has 0 aliphatic rings. The summed E-state index contributed by atoms with van der Waals surface area (Å²) < 4.78 is 0. The zero-order chi connectivity index (χ0) is 3.41. The van der Waals surface area contributed by atoms with Crippen LogP contribution in [0, 0.1) is 6.42 Å². The average molecular weight is 145 g/mol. The van der Waals surface area contributed by atoms with Crippen molar-refractivity contribution in [1.82, 2.24) is 0 Å². The third kappa shape index (κ3) is 10.7. The first kappa shape index (κ1) is 9.90. The van der Waals surface area contributed by atoms with Crippen molar-refractivity contribution in [3.05, 3.63) is 6.42 Å². The maximum atomic E-state index is 7.82. The topological polar surface area (TPSA) is 20.2 Å². The molecule has 0 aliphatic carbocycles. The molecule has 2 heteroatoms. The summed E-state index contributed by atoms with van der Waals surface area (Å²) in [4.78, 5) is 0. The SMILES string of the molecule is C[CH-]CO.[Rb+]. The zero-order valence-corrected chi connectivity index (χ0v) is 8.65. The van der Waals surface area contributed by atoms with E-state index >= 15 is 0 Å². The molecule has 0 heterocycles. The molecular weight excluding hydrogens is 138 g/mol. The molecule has 26 valence electrons. The van der Waals surface area contributed by atoms with Crippen molar-refractivity contribution in [2.75, 3.05) is 6.61 Å². The van der Waals surface area contributed by atoms with E-state index in [0.29, 0.717) is 0 Å². The summed E-state index contributed by atoms with van der Waals surface area (Å²) >= 11 is 0. The van der Waals surface area contributed by atoms with Crippen molar-refractivity contribution in [1.29, 1.82) is 0 Å². The normalized spacial score (nSPS) is 6.00. The Morgan fingerprint density at radius 3 is 2.00 bits per heavy atom. The number of aliphatic hydroxyl groups excluding tert-OH is 1. The van der Waals surface area contributed by atoms with Gasteiger partial charge in [-0.1, -0.05) is 6.61 Å². The fourth-order valence-corrected chi connectivity index (χ4v) is 0. The van der Waals surface area contributed by atoms with Crippen molar-refractivity contribution in [2.24, 2.45) is 0 Å². The van der Waals surface area contributed by atoms with Gasteiger partial charge in [-0.05, 0) is 0 Å². The van der Waals surface area contributed by atoms with E-state index < -0.39 is 0 Å². The Morgan fingerprint density at radius 2 is 2.00 bits per heavy atom. The zero-order valence-electron chi connectivity index (χ0n) is 3.73. The van der Waals surface area contributed by atoms with E-state index in [2.05, 4.69) is 0 Å². The first-order valence-corrected chi connectivity index (χ1v) is 1.30. The van der Waals surface area contributed by atoms with Crippen LogP contribution < -0.4 is 58.2 Å². The molecule has 0 aromatic heterocycles. The smallest absolute Gasteiger partial charge is 0.428 e. The fourth-order valence-electron chi connectivity index (χ4n) is 0. The number of hydrogen-bond acceptors (Lipinski definition) is 1. The van der Waals surface area contributed by atoms with Crippen molar-refractivity contribution in [3.8, 4) is 0 Å². The summed E-state index contributed by atoms with van der Waals surface area (Å²) in [5.41, 5.74) is 0. The predicted octanol–water partition coefficient (Wildman–Crippen LogP) is -2.79. The second-order valence-corrected chi connectivity index (χ2v) is 0.591. The van der Waals surface area contributed by atoms with Gasteiger partial charge < -0.3 is 11.5 Å². The first-order chi connectivity index (χ1) is 1.91. The van der Waals surface area contributed by atoms with E-state index in [0.717, 1.165) is 0 Å². The summed E-state index contributed by atoms with van der Waals surface area (Å²) in [6.07, 6.45) is 1.68. The number of rotatable bonds is 1. The van der Waals surface area contributed by atoms with Crippen LogP contribution in [-0.2, 0) is 0 Å². The summed E-state index contributed by atoms with van der Waals surface area (Å²) in [5.74, 6) is 0. The molecule has 0 spiro atoms. The van der Waals surface area contributed by atoms with Gasteiger partial charge in [0.2, 0.25) is 0 Å². The Kier molecular flexibility index (Phi) is 18.3. The van der Waals surface area contributed by atoms with Gasteiger partial charge in [0.1, 0.15) is 0 Å². The van der Waals surface area contributed by atoms with E-state index in [1.165, 1.54) is 0 Å². The number of aliphatic hydroxyl groups is 1. The summed E-state index contributed by atoms with van der Waals surface area (Å²) in [6.45, 7) is 2.00. The van der Waals surface area contributed by atoms with Gasteiger partial charge in [0, 0.05) is 0 Å². The summed E-state index contributed by atoms with van der Waals surface area (Å²) in [7, 11) is 0. The molecule has 1 N–H and O–H groups in total. The van der Waals surface area contributed by atoms with Crippen molar-refractivity contribution in [2.45, 2.75) is 6.92 Å². The molecule has 0 fully saturated rings. The van der Waals surface area contributed by atoms with Gasteiger partial charge in [0.05, 0.1) is 0 Å². The molecule has 0 rings (SSSR count). The third-order valence-electron chi connectivity index (χ3n) is 0.183. The van der Waals surface area contributed by atoms with Gasteiger partial charge in [-0.3, -0.25) is 0 Å². The molecule has 0 saturated heterocycles. The fraction of sp³-hybridized carbons (Fsp3) is 0.667. The maximum Gasteiger partial charge on any atom is 1.00 e. The van der Waals surface area contributed by atoms with Crippen molar-refractivity contribution < 1.29 is 63.3 Å². The first-order valence-electron chi connectivity index (χ1n) is 1.30. The van der Waals surface area contributed by atoms with Crippen LogP contribution in [0.3, 0.4) is 0 Å². The van der Waals surface area contributed by atoms with Crippen LogP contribution in [0.25, 0.3) is 0 Å². The monoisotopic (exact) mass is 144 g/mol. The minimum atomic E-state index is 0. The van der Waals surface area contributed by atoms with Gasteiger partial charge in [-0.25, -0.2) is 0 Å². The molecule has 0 bridgehead atoms. The van der Waals surface area contributed by atoms with E-state index in [9.17, 15) is 0 Å².